The summed E-state index contributed by atoms with van der Waals surface area (Å²) in [6.45, 7) is 0.460. The van der Waals surface area contributed by atoms with Crippen molar-refractivity contribution in [2.45, 2.75) is 43.7 Å². The number of methoxy groups -OCH3 is 2. The molecule has 2 fully saturated rings. The van der Waals surface area contributed by atoms with Crippen molar-refractivity contribution in [2.75, 3.05) is 20.8 Å². The maximum atomic E-state index is 13.6. The molecule has 1 saturated heterocycles. The highest BCUT2D eigenvalue weighted by Crippen LogP contribution is 2.51. The highest BCUT2D eigenvalue weighted by Gasteiger charge is 2.51. The van der Waals surface area contributed by atoms with E-state index in [-0.39, 0.29) is 17.9 Å². The van der Waals surface area contributed by atoms with E-state index < -0.39 is 5.60 Å². The highest BCUT2D eigenvalue weighted by molar-refractivity contribution is 6.33. The van der Waals surface area contributed by atoms with Gasteiger partial charge in [0.25, 0.3) is 5.91 Å². The van der Waals surface area contributed by atoms with Crippen LogP contribution >= 0.6 is 11.6 Å². The van der Waals surface area contributed by atoms with Gasteiger partial charge in [0.05, 0.1) is 36.4 Å². The summed E-state index contributed by atoms with van der Waals surface area (Å²) in [7, 11) is 3.25. The van der Waals surface area contributed by atoms with Gasteiger partial charge < -0.3 is 19.5 Å². The van der Waals surface area contributed by atoms with E-state index in [4.69, 9.17) is 21.1 Å². The number of amides is 1. The molecule has 0 spiro atoms. The van der Waals surface area contributed by atoms with E-state index in [9.17, 15) is 9.90 Å². The smallest absolute Gasteiger partial charge is 0.255 e. The zero-order valence-corrected chi connectivity index (χ0v) is 18.2. The minimum Gasteiger partial charge on any atom is -0.497 e. The fourth-order valence-electron chi connectivity index (χ4n) is 5.15. The summed E-state index contributed by atoms with van der Waals surface area (Å²) >= 11 is 6.36. The van der Waals surface area contributed by atoms with Gasteiger partial charge in [0.2, 0.25) is 0 Å². The number of benzene rings is 2. The van der Waals surface area contributed by atoms with Gasteiger partial charge >= 0.3 is 0 Å². The molecule has 4 rings (SSSR count). The molecule has 1 heterocycles. The Hall–Kier alpha value is -2.24. The molecule has 2 aromatic rings. The van der Waals surface area contributed by atoms with Gasteiger partial charge in [-0.25, -0.2) is 0 Å². The summed E-state index contributed by atoms with van der Waals surface area (Å²) in [6.07, 6.45) is 4.22. The number of nitrogens with zero attached hydrogens (tertiary/aromatic N) is 1. The molecule has 1 saturated carbocycles. The third kappa shape index (κ3) is 3.65. The van der Waals surface area contributed by atoms with Crippen molar-refractivity contribution >= 4 is 17.5 Å². The molecule has 30 heavy (non-hydrogen) atoms. The first-order valence-electron chi connectivity index (χ1n) is 10.5. The van der Waals surface area contributed by atoms with Crippen LogP contribution in [0.25, 0.3) is 0 Å². The van der Waals surface area contributed by atoms with Crippen molar-refractivity contribution < 1.29 is 19.4 Å². The Morgan fingerprint density at radius 2 is 1.93 bits per heavy atom. The maximum absolute atomic E-state index is 13.6. The van der Waals surface area contributed by atoms with E-state index in [0.717, 1.165) is 31.2 Å². The van der Waals surface area contributed by atoms with Gasteiger partial charge in [0.1, 0.15) is 11.5 Å². The number of rotatable bonds is 4. The van der Waals surface area contributed by atoms with Crippen LogP contribution in [-0.2, 0) is 0 Å². The van der Waals surface area contributed by atoms with Crippen LogP contribution in [-0.4, -0.2) is 42.3 Å². The molecule has 5 nitrogen and oxygen atoms in total. The van der Waals surface area contributed by atoms with Gasteiger partial charge in [0, 0.05) is 18.0 Å². The van der Waals surface area contributed by atoms with Gasteiger partial charge in [0.15, 0.2) is 0 Å². The average Bonchev–Trinajstić information content (AvgIpc) is 2.77. The number of carbonyl (C=O) groups excluding carboxylic acids is 1. The Labute approximate surface area is 182 Å². The summed E-state index contributed by atoms with van der Waals surface area (Å²) in [5.74, 6) is 1.18. The van der Waals surface area contributed by atoms with Crippen LogP contribution in [0.1, 0.15) is 54.1 Å². The third-order valence-electron chi connectivity index (χ3n) is 6.69. The Kier molecular flexibility index (Phi) is 5.94. The monoisotopic (exact) mass is 429 g/mol. The molecular formula is C24H28ClNO4. The molecule has 3 atom stereocenters. The fraction of sp³-hybridized carbons (Fsp3) is 0.458. The number of likely N-dealkylation sites (tertiary alicyclic amines) is 1. The predicted molar refractivity (Wildman–Crippen MR) is 116 cm³/mol. The molecule has 6 heteroatoms. The standard InChI is InChI=1S/C24H28ClNO4/c1-29-16-10-11-21(30-2)18(15-16)22-19-8-5-6-12-24(19,28)13-14-26(22)23(27)17-7-3-4-9-20(17)25/h3-4,7,9-11,15,19,22,28H,5-6,8,12-14H2,1-2H3/t19-,22+,24+/m1/s1. The summed E-state index contributed by atoms with van der Waals surface area (Å²) in [6, 6.07) is 12.4. The van der Waals surface area contributed by atoms with E-state index in [0.29, 0.717) is 35.1 Å². The molecule has 1 amide bonds. The number of piperidine rings is 1. The molecule has 1 N–H and O–H groups in total. The zero-order valence-electron chi connectivity index (χ0n) is 17.4. The second kappa shape index (κ2) is 8.48. The van der Waals surface area contributed by atoms with Crippen molar-refractivity contribution in [2.24, 2.45) is 5.92 Å². The fourth-order valence-corrected chi connectivity index (χ4v) is 5.37. The largest absolute Gasteiger partial charge is 0.497 e. The molecule has 2 aliphatic rings. The van der Waals surface area contributed by atoms with Crippen LogP contribution in [0.3, 0.4) is 0 Å². The number of ether oxygens (including phenoxy) is 2. The predicted octanol–water partition coefficient (Wildman–Crippen LogP) is 4.87. The Balaban J connectivity index is 1.84. The molecule has 160 valence electrons. The molecule has 0 aromatic heterocycles. The SMILES string of the molecule is COc1ccc(OC)c([C@H]2[C@H]3CCCC[C@]3(O)CCN2C(=O)c2ccccc2Cl)c1. The van der Waals surface area contributed by atoms with Crippen molar-refractivity contribution in [1.29, 1.82) is 0 Å². The summed E-state index contributed by atoms with van der Waals surface area (Å²) in [5, 5.41) is 11.9. The minimum atomic E-state index is -0.783. The normalized spacial score (nSPS) is 26.1. The molecular weight excluding hydrogens is 402 g/mol. The lowest BCUT2D eigenvalue weighted by molar-refractivity contribution is -0.115. The van der Waals surface area contributed by atoms with Crippen LogP contribution in [0.15, 0.2) is 42.5 Å². The van der Waals surface area contributed by atoms with Crippen LogP contribution in [0, 0.1) is 5.92 Å². The first-order chi connectivity index (χ1) is 14.5. The number of fused-ring (bicyclic) bond motifs is 1. The van der Waals surface area contributed by atoms with Crippen molar-refractivity contribution in [3.63, 3.8) is 0 Å². The van der Waals surface area contributed by atoms with Crippen LogP contribution in [0.4, 0.5) is 0 Å². The van der Waals surface area contributed by atoms with E-state index in [1.54, 1.807) is 26.4 Å². The average molecular weight is 430 g/mol. The van der Waals surface area contributed by atoms with Crippen molar-refractivity contribution in [3.8, 4) is 11.5 Å². The molecule has 0 radical (unpaired) electrons. The topological polar surface area (TPSA) is 59.0 Å². The lowest BCUT2D eigenvalue weighted by atomic mass is 9.66. The van der Waals surface area contributed by atoms with Crippen LogP contribution < -0.4 is 9.47 Å². The quantitative estimate of drug-likeness (QED) is 0.753. The van der Waals surface area contributed by atoms with Gasteiger partial charge in [-0.3, -0.25) is 4.79 Å². The van der Waals surface area contributed by atoms with Gasteiger partial charge in [-0.05, 0) is 49.6 Å². The van der Waals surface area contributed by atoms with Crippen molar-refractivity contribution in [3.05, 3.63) is 58.6 Å². The number of hydrogen-bond acceptors (Lipinski definition) is 4. The zero-order chi connectivity index (χ0) is 21.3. The third-order valence-corrected chi connectivity index (χ3v) is 7.02. The number of carbonyl (C=O) groups is 1. The Morgan fingerprint density at radius 3 is 2.67 bits per heavy atom. The van der Waals surface area contributed by atoms with E-state index in [1.165, 1.54) is 0 Å². The molecule has 0 unspecified atom stereocenters. The van der Waals surface area contributed by atoms with Gasteiger partial charge in [-0.2, -0.15) is 0 Å². The van der Waals surface area contributed by atoms with Gasteiger partial charge in [-0.1, -0.05) is 36.6 Å². The first-order valence-corrected chi connectivity index (χ1v) is 10.9. The highest BCUT2D eigenvalue weighted by atomic mass is 35.5. The second-order valence-electron chi connectivity index (χ2n) is 8.24. The lowest BCUT2D eigenvalue weighted by Crippen LogP contribution is -2.56. The summed E-state index contributed by atoms with van der Waals surface area (Å²) in [5.41, 5.74) is 0.559. The number of hydrogen-bond donors (Lipinski definition) is 1. The van der Waals surface area contributed by atoms with E-state index >= 15 is 0 Å². The lowest BCUT2D eigenvalue weighted by Gasteiger charge is -2.52. The molecule has 1 aliphatic carbocycles. The molecule has 0 bridgehead atoms. The van der Waals surface area contributed by atoms with E-state index in [2.05, 4.69) is 0 Å². The minimum absolute atomic E-state index is 0.0764. The second-order valence-corrected chi connectivity index (χ2v) is 8.64. The summed E-state index contributed by atoms with van der Waals surface area (Å²) in [4.78, 5) is 15.5. The first kappa shape index (κ1) is 21.0. The van der Waals surface area contributed by atoms with Crippen LogP contribution in [0.2, 0.25) is 5.02 Å². The molecule has 1 aliphatic heterocycles. The Bertz CT molecular complexity index is 933. The van der Waals surface area contributed by atoms with Crippen molar-refractivity contribution in [1.82, 2.24) is 4.90 Å². The molecule has 2 aromatic carbocycles. The number of aliphatic hydroxyl groups is 1. The van der Waals surface area contributed by atoms with Gasteiger partial charge in [-0.15, -0.1) is 0 Å². The summed E-state index contributed by atoms with van der Waals surface area (Å²) < 4.78 is 11.1. The number of halogens is 1. The van der Waals surface area contributed by atoms with E-state index in [1.807, 2.05) is 35.2 Å². The maximum Gasteiger partial charge on any atom is 0.255 e. The van der Waals surface area contributed by atoms with Crippen LogP contribution in [0.5, 0.6) is 11.5 Å². The Morgan fingerprint density at radius 1 is 1.13 bits per heavy atom.